The zero-order valence-electron chi connectivity index (χ0n) is 13.3. The standard InChI is InChI=1S/C16H12F5N3O2/c1-24-7-22-14-12(24)13(26-6-10(17)18)11(15(25)23-14)8-4-2-3-5-9(8)16(19,20)21/h2-5,7,10H,6H2,1H3,(H,23,25). The van der Waals surface area contributed by atoms with Crippen LogP contribution in [0.3, 0.4) is 0 Å². The van der Waals surface area contributed by atoms with Crippen molar-refractivity contribution in [2.45, 2.75) is 12.6 Å². The summed E-state index contributed by atoms with van der Waals surface area (Å²) in [5, 5.41) is 0. The maximum absolute atomic E-state index is 13.4. The summed E-state index contributed by atoms with van der Waals surface area (Å²) in [6.45, 7) is -1.08. The van der Waals surface area contributed by atoms with Crippen molar-refractivity contribution in [1.82, 2.24) is 14.5 Å². The number of benzene rings is 1. The van der Waals surface area contributed by atoms with Crippen molar-refractivity contribution in [2.75, 3.05) is 6.61 Å². The monoisotopic (exact) mass is 373 g/mol. The maximum atomic E-state index is 13.4. The molecular weight excluding hydrogens is 361 g/mol. The molecule has 0 aliphatic heterocycles. The van der Waals surface area contributed by atoms with Crippen molar-refractivity contribution in [1.29, 1.82) is 0 Å². The SMILES string of the molecule is Cn1cnc2[nH]c(=O)c(-c3ccccc3C(F)(F)F)c(OCC(F)F)c21. The predicted octanol–water partition coefficient (Wildman–Crippen LogP) is 3.59. The third-order valence-electron chi connectivity index (χ3n) is 3.69. The van der Waals surface area contributed by atoms with Gasteiger partial charge >= 0.3 is 6.18 Å². The van der Waals surface area contributed by atoms with Crippen molar-refractivity contribution in [2.24, 2.45) is 7.05 Å². The minimum Gasteiger partial charge on any atom is -0.484 e. The number of pyridine rings is 1. The number of hydrogen-bond donors (Lipinski definition) is 1. The van der Waals surface area contributed by atoms with Gasteiger partial charge < -0.3 is 14.3 Å². The summed E-state index contributed by atoms with van der Waals surface area (Å²) in [4.78, 5) is 18.7. The molecule has 0 saturated heterocycles. The van der Waals surface area contributed by atoms with Crippen LogP contribution in [-0.2, 0) is 13.2 Å². The Labute approximate surface area is 143 Å². The number of H-pyrrole nitrogens is 1. The van der Waals surface area contributed by atoms with Crippen LogP contribution in [0.25, 0.3) is 22.3 Å². The fourth-order valence-corrected chi connectivity index (χ4v) is 2.66. The van der Waals surface area contributed by atoms with Gasteiger partial charge in [0.2, 0.25) is 0 Å². The summed E-state index contributed by atoms with van der Waals surface area (Å²) in [7, 11) is 1.50. The molecule has 0 bridgehead atoms. The number of ether oxygens (including phenoxy) is 1. The molecule has 5 nitrogen and oxygen atoms in total. The smallest absolute Gasteiger partial charge is 0.417 e. The van der Waals surface area contributed by atoms with Gasteiger partial charge in [-0.3, -0.25) is 4.79 Å². The van der Waals surface area contributed by atoms with Gasteiger partial charge in [0.15, 0.2) is 11.4 Å². The van der Waals surface area contributed by atoms with E-state index in [2.05, 4.69) is 9.97 Å². The number of fused-ring (bicyclic) bond motifs is 1. The number of rotatable bonds is 4. The fourth-order valence-electron chi connectivity index (χ4n) is 2.66. The zero-order chi connectivity index (χ0) is 19.1. The van der Waals surface area contributed by atoms with E-state index in [1.54, 1.807) is 0 Å². The molecule has 26 heavy (non-hydrogen) atoms. The highest BCUT2D eigenvalue weighted by Crippen LogP contribution is 2.40. The van der Waals surface area contributed by atoms with Gasteiger partial charge in [0, 0.05) is 12.6 Å². The Morgan fingerprint density at radius 1 is 1.27 bits per heavy atom. The van der Waals surface area contributed by atoms with Gasteiger partial charge in [-0.25, -0.2) is 13.8 Å². The first-order valence-corrected chi connectivity index (χ1v) is 7.35. The summed E-state index contributed by atoms with van der Waals surface area (Å²) >= 11 is 0. The van der Waals surface area contributed by atoms with Crippen molar-refractivity contribution in [3.63, 3.8) is 0 Å². The number of nitrogens with one attached hydrogen (secondary N) is 1. The second-order valence-corrected chi connectivity index (χ2v) is 5.46. The summed E-state index contributed by atoms with van der Waals surface area (Å²) in [6, 6.07) is 4.38. The largest absolute Gasteiger partial charge is 0.484 e. The second-order valence-electron chi connectivity index (χ2n) is 5.46. The van der Waals surface area contributed by atoms with Crippen molar-refractivity contribution in [3.8, 4) is 16.9 Å². The summed E-state index contributed by atoms with van der Waals surface area (Å²) < 4.78 is 71.8. The molecule has 0 aliphatic rings. The first-order chi connectivity index (χ1) is 12.2. The van der Waals surface area contributed by atoms with Gasteiger partial charge in [0.25, 0.3) is 12.0 Å². The lowest BCUT2D eigenvalue weighted by Gasteiger charge is -2.16. The van der Waals surface area contributed by atoms with Crippen LogP contribution in [0.4, 0.5) is 22.0 Å². The van der Waals surface area contributed by atoms with E-state index in [4.69, 9.17) is 4.74 Å². The lowest BCUT2D eigenvalue weighted by molar-refractivity contribution is -0.137. The van der Waals surface area contributed by atoms with Gasteiger partial charge in [0.05, 0.1) is 17.5 Å². The summed E-state index contributed by atoms with van der Waals surface area (Å²) in [5.74, 6) is -0.374. The normalized spacial score (nSPS) is 12.1. The fraction of sp³-hybridized carbons (Fsp3) is 0.250. The topological polar surface area (TPSA) is 59.9 Å². The molecule has 0 fully saturated rings. The summed E-state index contributed by atoms with van der Waals surface area (Å²) in [5.41, 5.74) is -2.80. The Bertz CT molecular complexity index is 1010. The quantitative estimate of drug-likeness (QED) is 0.711. The minimum atomic E-state index is -4.75. The molecule has 3 rings (SSSR count). The lowest BCUT2D eigenvalue weighted by Crippen LogP contribution is -2.17. The molecule has 0 spiro atoms. The van der Waals surface area contributed by atoms with Crippen LogP contribution in [0.2, 0.25) is 0 Å². The van der Waals surface area contributed by atoms with E-state index < -0.39 is 41.5 Å². The first-order valence-electron chi connectivity index (χ1n) is 7.35. The Morgan fingerprint density at radius 2 is 1.96 bits per heavy atom. The van der Waals surface area contributed by atoms with Crippen LogP contribution < -0.4 is 10.3 Å². The molecule has 0 amide bonds. The molecule has 0 saturated carbocycles. The lowest BCUT2D eigenvalue weighted by atomic mass is 9.99. The maximum Gasteiger partial charge on any atom is 0.417 e. The molecule has 0 unspecified atom stereocenters. The number of nitrogens with zero attached hydrogens (tertiary/aromatic N) is 2. The minimum absolute atomic E-state index is 0.0232. The average molecular weight is 373 g/mol. The number of aromatic amines is 1. The summed E-state index contributed by atoms with van der Waals surface area (Å²) in [6.07, 6.45) is -6.33. The van der Waals surface area contributed by atoms with E-state index in [0.29, 0.717) is 0 Å². The van der Waals surface area contributed by atoms with Crippen LogP contribution in [0.15, 0.2) is 35.4 Å². The Kier molecular flexibility index (Phi) is 4.43. The molecule has 10 heteroatoms. The number of halogens is 5. The third-order valence-corrected chi connectivity index (χ3v) is 3.69. The van der Waals surface area contributed by atoms with Gasteiger partial charge in [-0.15, -0.1) is 0 Å². The van der Waals surface area contributed by atoms with Gasteiger partial charge in [-0.1, -0.05) is 18.2 Å². The molecule has 0 aliphatic carbocycles. The third kappa shape index (κ3) is 3.14. The number of aromatic nitrogens is 3. The molecule has 0 atom stereocenters. The Morgan fingerprint density at radius 3 is 2.62 bits per heavy atom. The zero-order valence-corrected chi connectivity index (χ0v) is 13.3. The molecule has 2 heterocycles. The Hall–Kier alpha value is -2.91. The number of hydrogen-bond acceptors (Lipinski definition) is 3. The molecular formula is C16H12F5N3O2. The second kappa shape index (κ2) is 6.43. The van der Waals surface area contributed by atoms with E-state index in [9.17, 15) is 26.7 Å². The van der Waals surface area contributed by atoms with Gasteiger partial charge in [-0.2, -0.15) is 13.2 Å². The van der Waals surface area contributed by atoms with Crippen LogP contribution in [0.1, 0.15) is 5.56 Å². The molecule has 0 radical (unpaired) electrons. The van der Waals surface area contributed by atoms with Crippen molar-refractivity contribution < 1.29 is 26.7 Å². The number of aryl methyl sites for hydroxylation is 1. The van der Waals surface area contributed by atoms with Crippen LogP contribution in [0, 0.1) is 0 Å². The highest BCUT2D eigenvalue weighted by molar-refractivity contribution is 5.88. The van der Waals surface area contributed by atoms with Crippen LogP contribution >= 0.6 is 0 Å². The molecule has 138 valence electrons. The highest BCUT2D eigenvalue weighted by atomic mass is 19.4. The van der Waals surface area contributed by atoms with Crippen molar-refractivity contribution in [3.05, 3.63) is 46.5 Å². The molecule has 3 aromatic rings. The van der Waals surface area contributed by atoms with Crippen LogP contribution in [0.5, 0.6) is 5.75 Å². The van der Waals surface area contributed by atoms with E-state index in [1.165, 1.54) is 30.1 Å². The highest BCUT2D eigenvalue weighted by Gasteiger charge is 2.35. The predicted molar refractivity (Wildman–Crippen MR) is 83.3 cm³/mol. The van der Waals surface area contributed by atoms with E-state index >= 15 is 0 Å². The molecule has 2 aromatic heterocycles. The van der Waals surface area contributed by atoms with E-state index in [0.717, 1.165) is 12.1 Å². The molecule has 1 aromatic carbocycles. The van der Waals surface area contributed by atoms with Crippen molar-refractivity contribution >= 4 is 11.2 Å². The van der Waals surface area contributed by atoms with Gasteiger partial charge in [-0.05, 0) is 6.07 Å². The Balaban J connectivity index is 2.36. The number of imidazole rings is 1. The number of alkyl halides is 5. The first kappa shape index (κ1) is 17.9. The van der Waals surface area contributed by atoms with Gasteiger partial charge in [0.1, 0.15) is 12.1 Å². The average Bonchev–Trinajstić information content (AvgIpc) is 2.92. The molecule has 1 N–H and O–H groups in total. The van der Waals surface area contributed by atoms with E-state index in [1.807, 2.05) is 0 Å². The van der Waals surface area contributed by atoms with Crippen LogP contribution in [-0.4, -0.2) is 27.6 Å². The van der Waals surface area contributed by atoms with E-state index in [-0.39, 0.29) is 16.9 Å².